The van der Waals surface area contributed by atoms with E-state index in [0.717, 1.165) is 43.9 Å². The van der Waals surface area contributed by atoms with Crippen LogP contribution in [0.25, 0.3) is 0 Å². The fourth-order valence-electron chi connectivity index (χ4n) is 3.11. The Kier molecular flexibility index (Phi) is 6.45. The number of hydrogen-bond acceptors (Lipinski definition) is 6. The van der Waals surface area contributed by atoms with Crippen molar-refractivity contribution in [2.75, 3.05) is 33.3 Å². The Morgan fingerprint density at radius 2 is 1.85 bits per heavy atom. The van der Waals surface area contributed by atoms with E-state index in [4.69, 9.17) is 9.15 Å². The molecule has 27 heavy (non-hydrogen) atoms. The van der Waals surface area contributed by atoms with Gasteiger partial charge in [0.15, 0.2) is 0 Å². The zero-order chi connectivity index (χ0) is 19.2. The predicted molar refractivity (Wildman–Crippen MR) is 102 cm³/mol. The topological polar surface area (TPSA) is 71.7 Å². The number of rotatable bonds is 7. The van der Waals surface area contributed by atoms with Crippen LogP contribution in [0.1, 0.15) is 43.5 Å². The van der Waals surface area contributed by atoms with Crippen molar-refractivity contribution in [1.82, 2.24) is 20.0 Å². The lowest BCUT2D eigenvalue weighted by atomic mass is 10.1. The lowest BCUT2D eigenvalue weighted by molar-refractivity contribution is -0.133. The number of piperazine rings is 1. The molecule has 1 aromatic heterocycles. The van der Waals surface area contributed by atoms with Crippen LogP contribution >= 0.6 is 0 Å². The molecule has 3 rings (SSSR count). The molecule has 0 atom stereocenters. The molecule has 0 spiro atoms. The maximum absolute atomic E-state index is 12.5. The zero-order valence-corrected chi connectivity index (χ0v) is 16.4. The average Bonchev–Trinajstić information content (AvgIpc) is 3.16. The number of aromatic nitrogens is 2. The highest BCUT2D eigenvalue weighted by atomic mass is 16.5. The van der Waals surface area contributed by atoms with E-state index in [9.17, 15) is 4.79 Å². The SMILES string of the molecule is COc1ccc(CCC(=O)N2CCN(Cc3nnc(C(C)C)o3)CC2)cc1. The van der Waals surface area contributed by atoms with Crippen LogP contribution in [-0.4, -0.2) is 59.2 Å². The summed E-state index contributed by atoms with van der Waals surface area (Å²) in [5.74, 6) is 2.62. The number of ether oxygens (including phenoxy) is 1. The van der Waals surface area contributed by atoms with E-state index in [0.29, 0.717) is 24.7 Å². The molecule has 1 aliphatic heterocycles. The molecule has 0 saturated carbocycles. The van der Waals surface area contributed by atoms with Gasteiger partial charge in [0.25, 0.3) is 0 Å². The van der Waals surface area contributed by atoms with Crippen molar-refractivity contribution in [3.05, 3.63) is 41.6 Å². The van der Waals surface area contributed by atoms with E-state index in [1.807, 2.05) is 43.0 Å². The third kappa shape index (κ3) is 5.29. The maximum Gasteiger partial charge on any atom is 0.230 e. The first-order chi connectivity index (χ1) is 13.0. The Labute approximate surface area is 160 Å². The lowest BCUT2D eigenvalue weighted by Crippen LogP contribution is -2.48. The van der Waals surface area contributed by atoms with Crippen molar-refractivity contribution in [2.45, 2.75) is 39.2 Å². The number of carbonyl (C=O) groups excluding carboxylic acids is 1. The molecule has 7 nitrogen and oxygen atoms in total. The van der Waals surface area contributed by atoms with Crippen LogP contribution < -0.4 is 4.74 Å². The van der Waals surface area contributed by atoms with Gasteiger partial charge in [-0.3, -0.25) is 9.69 Å². The van der Waals surface area contributed by atoms with E-state index in [1.165, 1.54) is 0 Å². The second-order valence-corrected chi connectivity index (χ2v) is 7.19. The molecular weight excluding hydrogens is 344 g/mol. The van der Waals surface area contributed by atoms with E-state index < -0.39 is 0 Å². The molecule has 1 fully saturated rings. The van der Waals surface area contributed by atoms with Gasteiger partial charge in [-0.25, -0.2) is 0 Å². The lowest BCUT2D eigenvalue weighted by Gasteiger charge is -2.34. The Morgan fingerprint density at radius 1 is 1.15 bits per heavy atom. The monoisotopic (exact) mass is 372 g/mol. The highest BCUT2D eigenvalue weighted by Gasteiger charge is 2.22. The van der Waals surface area contributed by atoms with Crippen molar-refractivity contribution in [1.29, 1.82) is 0 Å². The fourth-order valence-corrected chi connectivity index (χ4v) is 3.11. The number of amides is 1. The van der Waals surface area contributed by atoms with Gasteiger partial charge in [0.1, 0.15) is 5.75 Å². The van der Waals surface area contributed by atoms with E-state index in [-0.39, 0.29) is 11.8 Å². The Bertz CT molecular complexity index is 734. The summed E-state index contributed by atoms with van der Waals surface area (Å²) >= 11 is 0. The van der Waals surface area contributed by atoms with Gasteiger partial charge in [0.2, 0.25) is 17.7 Å². The fraction of sp³-hybridized carbons (Fsp3) is 0.550. The van der Waals surface area contributed by atoms with Crippen molar-refractivity contribution >= 4 is 5.91 Å². The molecule has 7 heteroatoms. The molecule has 0 aliphatic carbocycles. The van der Waals surface area contributed by atoms with Crippen LogP contribution in [0.4, 0.5) is 0 Å². The van der Waals surface area contributed by atoms with Gasteiger partial charge in [-0.2, -0.15) is 0 Å². The predicted octanol–water partition coefficient (Wildman–Crippen LogP) is 2.48. The van der Waals surface area contributed by atoms with Crippen molar-refractivity contribution in [2.24, 2.45) is 0 Å². The molecule has 146 valence electrons. The molecule has 0 N–H and O–H groups in total. The number of aryl methyl sites for hydroxylation is 1. The van der Waals surface area contributed by atoms with Crippen molar-refractivity contribution < 1.29 is 13.9 Å². The van der Waals surface area contributed by atoms with Gasteiger partial charge in [0, 0.05) is 38.5 Å². The number of nitrogens with zero attached hydrogens (tertiary/aromatic N) is 4. The Balaban J connectivity index is 1.41. The largest absolute Gasteiger partial charge is 0.497 e. The molecule has 1 aromatic carbocycles. The van der Waals surface area contributed by atoms with Gasteiger partial charge < -0.3 is 14.1 Å². The Hall–Kier alpha value is -2.41. The summed E-state index contributed by atoms with van der Waals surface area (Å²) in [5, 5.41) is 8.19. The first-order valence-electron chi connectivity index (χ1n) is 9.50. The summed E-state index contributed by atoms with van der Waals surface area (Å²) in [4.78, 5) is 16.7. The van der Waals surface area contributed by atoms with E-state index in [2.05, 4.69) is 15.1 Å². The molecule has 0 radical (unpaired) electrons. The third-order valence-electron chi connectivity index (χ3n) is 4.85. The van der Waals surface area contributed by atoms with Gasteiger partial charge in [-0.05, 0) is 24.1 Å². The number of carbonyl (C=O) groups is 1. The maximum atomic E-state index is 12.5. The molecular formula is C20H28N4O3. The van der Waals surface area contributed by atoms with Gasteiger partial charge >= 0.3 is 0 Å². The molecule has 0 bridgehead atoms. The molecule has 2 heterocycles. The minimum Gasteiger partial charge on any atom is -0.497 e. The van der Waals surface area contributed by atoms with Crippen molar-refractivity contribution in [3.8, 4) is 5.75 Å². The van der Waals surface area contributed by atoms with E-state index >= 15 is 0 Å². The summed E-state index contributed by atoms with van der Waals surface area (Å²) in [5.41, 5.74) is 1.15. The number of methoxy groups -OCH3 is 1. The summed E-state index contributed by atoms with van der Waals surface area (Å²) in [6, 6.07) is 7.89. The number of benzene rings is 1. The second-order valence-electron chi connectivity index (χ2n) is 7.19. The highest BCUT2D eigenvalue weighted by Crippen LogP contribution is 2.15. The van der Waals surface area contributed by atoms with Crippen LogP contribution in [0.3, 0.4) is 0 Å². The molecule has 0 unspecified atom stereocenters. The van der Waals surface area contributed by atoms with Crippen LogP contribution in [0, 0.1) is 0 Å². The molecule has 2 aromatic rings. The van der Waals surface area contributed by atoms with Gasteiger partial charge in [0.05, 0.1) is 13.7 Å². The average molecular weight is 372 g/mol. The van der Waals surface area contributed by atoms with E-state index in [1.54, 1.807) is 7.11 Å². The zero-order valence-electron chi connectivity index (χ0n) is 16.4. The van der Waals surface area contributed by atoms with Crippen LogP contribution in [-0.2, 0) is 17.8 Å². The summed E-state index contributed by atoms with van der Waals surface area (Å²) < 4.78 is 10.8. The molecule has 1 saturated heterocycles. The first-order valence-corrected chi connectivity index (χ1v) is 9.50. The minimum absolute atomic E-state index is 0.213. The van der Waals surface area contributed by atoms with Crippen LogP contribution in [0.15, 0.2) is 28.7 Å². The minimum atomic E-state index is 0.213. The van der Waals surface area contributed by atoms with Gasteiger partial charge in [-0.15, -0.1) is 10.2 Å². The number of hydrogen-bond donors (Lipinski definition) is 0. The standard InChI is InChI=1S/C20H28N4O3/c1-15(2)20-22-21-18(27-20)14-23-10-12-24(13-11-23)19(25)9-6-16-4-7-17(26-3)8-5-16/h4-5,7-8,15H,6,9-14H2,1-3H3. The highest BCUT2D eigenvalue weighted by molar-refractivity contribution is 5.76. The van der Waals surface area contributed by atoms with Crippen molar-refractivity contribution in [3.63, 3.8) is 0 Å². The third-order valence-corrected chi connectivity index (χ3v) is 4.85. The normalized spacial score (nSPS) is 15.3. The Morgan fingerprint density at radius 3 is 2.44 bits per heavy atom. The quantitative estimate of drug-likeness (QED) is 0.744. The summed E-state index contributed by atoms with van der Waals surface area (Å²) in [7, 11) is 1.65. The van der Waals surface area contributed by atoms with Crippen LogP contribution in [0.2, 0.25) is 0 Å². The summed E-state index contributed by atoms with van der Waals surface area (Å²) in [6.45, 7) is 7.86. The smallest absolute Gasteiger partial charge is 0.230 e. The first kappa shape index (κ1) is 19.4. The summed E-state index contributed by atoms with van der Waals surface area (Å²) in [6.07, 6.45) is 1.29. The van der Waals surface area contributed by atoms with Gasteiger partial charge in [-0.1, -0.05) is 26.0 Å². The second kappa shape index (κ2) is 8.99. The molecule has 1 amide bonds. The van der Waals surface area contributed by atoms with Crippen LogP contribution in [0.5, 0.6) is 5.75 Å². The molecule has 1 aliphatic rings.